The van der Waals surface area contributed by atoms with Crippen molar-refractivity contribution < 1.29 is 4.79 Å². The number of aldehydes is 1. The van der Waals surface area contributed by atoms with E-state index in [1.54, 1.807) is 6.20 Å². The highest BCUT2D eigenvalue weighted by molar-refractivity contribution is 5.81. The van der Waals surface area contributed by atoms with Crippen LogP contribution >= 0.6 is 0 Å². The molecule has 0 aliphatic heterocycles. The third-order valence-electron chi connectivity index (χ3n) is 3.54. The summed E-state index contributed by atoms with van der Waals surface area (Å²) in [6, 6.07) is 1.88. The van der Waals surface area contributed by atoms with Gasteiger partial charge in [0.15, 0.2) is 11.9 Å². The molecular weight excluding hydrogens is 214 g/mol. The van der Waals surface area contributed by atoms with E-state index in [1.165, 1.54) is 32.1 Å². The predicted octanol–water partition coefficient (Wildman–Crippen LogP) is 2.59. The molecule has 0 atom stereocenters. The largest absolute Gasteiger partial charge is 0.296 e. The maximum absolute atomic E-state index is 11.0. The van der Waals surface area contributed by atoms with E-state index in [2.05, 4.69) is 9.97 Å². The zero-order valence-corrected chi connectivity index (χ0v) is 9.67. The summed E-state index contributed by atoms with van der Waals surface area (Å²) in [5.74, 6) is 1.49. The summed E-state index contributed by atoms with van der Waals surface area (Å²) in [5.41, 5.74) is 1.15. The SMILES string of the molecule is O=Cc1nc(C2CCCCC2)n2cccnc12. The van der Waals surface area contributed by atoms with Crippen LogP contribution in [0.2, 0.25) is 0 Å². The van der Waals surface area contributed by atoms with Crippen molar-refractivity contribution in [3.05, 3.63) is 30.0 Å². The van der Waals surface area contributed by atoms with Crippen molar-refractivity contribution in [2.75, 3.05) is 0 Å². The lowest BCUT2D eigenvalue weighted by molar-refractivity contribution is 0.112. The van der Waals surface area contributed by atoms with Crippen molar-refractivity contribution in [1.29, 1.82) is 0 Å². The van der Waals surface area contributed by atoms with E-state index >= 15 is 0 Å². The van der Waals surface area contributed by atoms with Crippen molar-refractivity contribution in [3.63, 3.8) is 0 Å². The van der Waals surface area contributed by atoms with Crippen LogP contribution < -0.4 is 0 Å². The predicted molar refractivity (Wildman–Crippen MR) is 64.2 cm³/mol. The summed E-state index contributed by atoms with van der Waals surface area (Å²) in [5, 5.41) is 0. The summed E-state index contributed by atoms with van der Waals surface area (Å²) in [4.78, 5) is 19.7. The summed E-state index contributed by atoms with van der Waals surface area (Å²) >= 11 is 0. The van der Waals surface area contributed by atoms with Gasteiger partial charge in [-0.2, -0.15) is 0 Å². The van der Waals surface area contributed by atoms with E-state index in [4.69, 9.17) is 0 Å². The van der Waals surface area contributed by atoms with Gasteiger partial charge in [0.05, 0.1) is 0 Å². The van der Waals surface area contributed by atoms with Gasteiger partial charge in [0.25, 0.3) is 0 Å². The van der Waals surface area contributed by atoms with Gasteiger partial charge in [0, 0.05) is 18.3 Å². The van der Waals surface area contributed by atoms with E-state index in [9.17, 15) is 4.79 Å². The second kappa shape index (κ2) is 4.28. The van der Waals surface area contributed by atoms with Crippen molar-refractivity contribution >= 4 is 11.9 Å². The molecule has 0 saturated heterocycles. The zero-order chi connectivity index (χ0) is 11.7. The number of rotatable bonds is 2. The van der Waals surface area contributed by atoms with Gasteiger partial charge in [-0.05, 0) is 18.9 Å². The Kier molecular flexibility index (Phi) is 2.63. The van der Waals surface area contributed by atoms with Crippen molar-refractivity contribution in [1.82, 2.24) is 14.4 Å². The monoisotopic (exact) mass is 229 g/mol. The minimum Gasteiger partial charge on any atom is -0.296 e. The second-order valence-corrected chi connectivity index (χ2v) is 4.62. The maximum atomic E-state index is 11.0. The molecule has 88 valence electrons. The van der Waals surface area contributed by atoms with Gasteiger partial charge in [-0.15, -0.1) is 0 Å². The Hall–Kier alpha value is -1.71. The number of imidazole rings is 1. The Morgan fingerprint density at radius 2 is 2.12 bits per heavy atom. The summed E-state index contributed by atoms with van der Waals surface area (Å²) in [7, 11) is 0. The molecule has 17 heavy (non-hydrogen) atoms. The Bertz CT molecular complexity index is 541. The van der Waals surface area contributed by atoms with Crippen LogP contribution in [0.4, 0.5) is 0 Å². The lowest BCUT2D eigenvalue weighted by Crippen LogP contribution is -2.08. The lowest BCUT2D eigenvalue weighted by Gasteiger charge is -2.20. The third kappa shape index (κ3) is 1.73. The highest BCUT2D eigenvalue weighted by Crippen LogP contribution is 2.32. The Balaban J connectivity index is 2.11. The van der Waals surface area contributed by atoms with Crippen LogP contribution in [-0.4, -0.2) is 20.7 Å². The number of aromatic nitrogens is 3. The fraction of sp³-hybridized carbons (Fsp3) is 0.462. The number of fused-ring (bicyclic) bond motifs is 1. The van der Waals surface area contributed by atoms with Crippen LogP contribution in [-0.2, 0) is 0 Å². The molecule has 0 aromatic carbocycles. The number of hydrogen-bond donors (Lipinski definition) is 0. The van der Waals surface area contributed by atoms with Crippen LogP contribution in [0.1, 0.15) is 54.3 Å². The van der Waals surface area contributed by atoms with Gasteiger partial charge in [-0.1, -0.05) is 19.3 Å². The molecule has 1 saturated carbocycles. The zero-order valence-electron chi connectivity index (χ0n) is 9.67. The number of hydrogen-bond acceptors (Lipinski definition) is 3. The summed E-state index contributed by atoms with van der Waals surface area (Å²) in [6.07, 6.45) is 10.6. The number of nitrogens with zero attached hydrogens (tertiary/aromatic N) is 3. The normalized spacial score (nSPS) is 17.4. The van der Waals surface area contributed by atoms with Crippen LogP contribution in [0.3, 0.4) is 0 Å². The van der Waals surface area contributed by atoms with E-state index in [-0.39, 0.29) is 0 Å². The van der Waals surface area contributed by atoms with Crippen LogP contribution in [0, 0.1) is 0 Å². The third-order valence-corrected chi connectivity index (χ3v) is 3.54. The second-order valence-electron chi connectivity index (χ2n) is 4.62. The molecule has 4 heteroatoms. The summed E-state index contributed by atoms with van der Waals surface area (Å²) in [6.45, 7) is 0. The fourth-order valence-electron chi connectivity index (χ4n) is 2.70. The average molecular weight is 229 g/mol. The fourth-order valence-corrected chi connectivity index (χ4v) is 2.70. The highest BCUT2D eigenvalue weighted by atomic mass is 16.1. The van der Waals surface area contributed by atoms with Crippen molar-refractivity contribution in [2.24, 2.45) is 0 Å². The molecular formula is C13H15N3O. The maximum Gasteiger partial charge on any atom is 0.172 e. The average Bonchev–Trinajstić information content (AvgIpc) is 2.78. The van der Waals surface area contributed by atoms with Crippen LogP contribution in [0.15, 0.2) is 18.5 Å². The first-order chi connectivity index (χ1) is 8.40. The minimum absolute atomic E-state index is 0.464. The molecule has 1 fully saturated rings. The highest BCUT2D eigenvalue weighted by Gasteiger charge is 2.22. The molecule has 0 radical (unpaired) electrons. The molecule has 2 aromatic heterocycles. The number of carbonyl (C=O) groups excluding carboxylic acids is 1. The molecule has 2 aromatic rings. The molecule has 0 spiro atoms. The molecule has 4 nitrogen and oxygen atoms in total. The van der Waals surface area contributed by atoms with Crippen molar-refractivity contribution in [2.45, 2.75) is 38.0 Å². The quantitative estimate of drug-likeness (QED) is 0.743. The van der Waals surface area contributed by atoms with E-state index < -0.39 is 0 Å². The van der Waals surface area contributed by atoms with E-state index in [1.807, 2.05) is 16.7 Å². The molecule has 2 heterocycles. The molecule has 1 aliphatic rings. The van der Waals surface area contributed by atoms with Crippen LogP contribution in [0.5, 0.6) is 0 Å². The van der Waals surface area contributed by atoms with E-state index in [0.717, 1.165) is 12.1 Å². The van der Waals surface area contributed by atoms with Gasteiger partial charge in [0.2, 0.25) is 0 Å². The van der Waals surface area contributed by atoms with Gasteiger partial charge < -0.3 is 0 Å². The molecule has 0 amide bonds. The van der Waals surface area contributed by atoms with Crippen molar-refractivity contribution in [3.8, 4) is 0 Å². The van der Waals surface area contributed by atoms with E-state index in [0.29, 0.717) is 17.3 Å². The molecule has 0 bridgehead atoms. The first-order valence-corrected chi connectivity index (χ1v) is 6.18. The molecule has 1 aliphatic carbocycles. The Morgan fingerprint density at radius 1 is 1.29 bits per heavy atom. The van der Waals surface area contributed by atoms with Crippen LogP contribution in [0.25, 0.3) is 5.65 Å². The lowest BCUT2D eigenvalue weighted by atomic mass is 9.89. The first kappa shape index (κ1) is 10.4. The smallest absolute Gasteiger partial charge is 0.172 e. The molecule has 0 unspecified atom stereocenters. The van der Waals surface area contributed by atoms with Gasteiger partial charge in [-0.25, -0.2) is 9.97 Å². The first-order valence-electron chi connectivity index (χ1n) is 6.18. The van der Waals surface area contributed by atoms with Gasteiger partial charge in [-0.3, -0.25) is 9.20 Å². The number of carbonyl (C=O) groups is 1. The van der Waals surface area contributed by atoms with Gasteiger partial charge in [0.1, 0.15) is 11.5 Å². The molecule has 3 rings (SSSR count). The Labute approximate surface area is 99.7 Å². The standard InChI is InChI=1S/C13H15N3O/c17-9-11-13-14-7-4-8-16(13)12(15-11)10-5-2-1-3-6-10/h4,7-10H,1-3,5-6H2. The minimum atomic E-state index is 0.464. The molecule has 0 N–H and O–H groups in total. The van der Waals surface area contributed by atoms with Gasteiger partial charge >= 0.3 is 0 Å². The summed E-state index contributed by atoms with van der Waals surface area (Å²) < 4.78 is 1.97. The topological polar surface area (TPSA) is 47.3 Å². The Morgan fingerprint density at radius 3 is 2.88 bits per heavy atom.